The first kappa shape index (κ1) is 16.0. The number of nitrogens with one attached hydrogen (secondary N) is 1. The van der Waals surface area contributed by atoms with Crippen LogP contribution in [0.2, 0.25) is 0 Å². The Bertz CT molecular complexity index is 578. The lowest BCUT2D eigenvalue weighted by Crippen LogP contribution is -2.40. The second-order valence-electron chi connectivity index (χ2n) is 7.28. The van der Waals surface area contributed by atoms with Crippen LogP contribution in [0.15, 0.2) is 36.5 Å². The maximum atomic E-state index is 4.45. The van der Waals surface area contributed by atoms with Gasteiger partial charge < -0.3 is 5.32 Å². The van der Waals surface area contributed by atoms with Crippen LogP contribution < -0.4 is 5.32 Å². The molecule has 0 aliphatic carbocycles. The highest BCUT2D eigenvalue weighted by Crippen LogP contribution is 2.23. The number of fused-ring (bicyclic) bond motifs is 1. The van der Waals surface area contributed by atoms with Crippen LogP contribution in [-0.2, 0) is 6.42 Å². The quantitative estimate of drug-likeness (QED) is 0.878. The van der Waals surface area contributed by atoms with Crippen molar-refractivity contribution in [2.24, 2.45) is 11.8 Å². The van der Waals surface area contributed by atoms with E-state index in [2.05, 4.69) is 75.3 Å². The molecule has 2 atom stereocenters. The van der Waals surface area contributed by atoms with E-state index in [0.717, 1.165) is 18.5 Å². The van der Waals surface area contributed by atoms with E-state index >= 15 is 0 Å². The summed E-state index contributed by atoms with van der Waals surface area (Å²) in [7, 11) is 0. The minimum atomic E-state index is 0.192. The van der Waals surface area contributed by atoms with Gasteiger partial charge in [0, 0.05) is 17.1 Å². The summed E-state index contributed by atoms with van der Waals surface area (Å²) in [5, 5.41) is 4.91. The normalized spacial score (nSPS) is 15.1. The van der Waals surface area contributed by atoms with Crippen LogP contribution in [0.4, 0.5) is 0 Å². The molecule has 2 aromatic rings. The zero-order valence-electron chi connectivity index (χ0n) is 14.0. The maximum absolute atomic E-state index is 4.45. The second-order valence-corrected chi connectivity index (χ2v) is 7.28. The van der Waals surface area contributed by atoms with Crippen LogP contribution in [0.1, 0.15) is 40.2 Å². The van der Waals surface area contributed by atoms with Gasteiger partial charge in [-0.2, -0.15) is 0 Å². The summed E-state index contributed by atoms with van der Waals surface area (Å²) in [5.74, 6) is 1.29. The molecule has 1 N–H and O–H groups in total. The zero-order valence-corrected chi connectivity index (χ0v) is 14.0. The molecule has 0 saturated carbocycles. The van der Waals surface area contributed by atoms with Gasteiger partial charge in [-0.15, -0.1) is 0 Å². The number of nitrogens with zero attached hydrogens (tertiary/aromatic N) is 1. The van der Waals surface area contributed by atoms with E-state index in [0.29, 0.717) is 11.8 Å². The van der Waals surface area contributed by atoms with Crippen molar-refractivity contribution >= 4 is 10.9 Å². The third kappa shape index (κ3) is 4.53. The lowest BCUT2D eigenvalue weighted by molar-refractivity contribution is 0.318. The fourth-order valence-corrected chi connectivity index (χ4v) is 2.55. The zero-order chi connectivity index (χ0) is 15.5. The third-order valence-corrected chi connectivity index (χ3v) is 4.21. The summed E-state index contributed by atoms with van der Waals surface area (Å²) in [6, 6.07) is 10.6. The summed E-state index contributed by atoms with van der Waals surface area (Å²) < 4.78 is 0. The molecule has 0 saturated heterocycles. The Labute approximate surface area is 129 Å². The molecule has 2 rings (SSSR count). The fourth-order valence-electron chi connectivity index (χ4n) is 2.55. The molecule has 0 aliphatic rings. The molecule has 21 heavy (non-hydrogen) atoms. The third-order valence-electron chi connectivity index (χ3n) is 4.21. The van der Waals surface area contributed by atoms with Gasteiger partial charge >= 0.3 is 0 Å². The molecule has 1 aromatic heterocycles. The molecule has 0 spiro atoms. The molecule has 2 unspecified atom stereocenters. The van der Waals surface area contributed by atoms with Crippen LogP contribution in [0.3, 0.4) is 0 Å². The largest absolute Gasteiger partial charge is 0.312 e. The highest BCUT2D eigenvalue weighted by atomic mass is 14.9. The molecule has 0 radical (unpaired) electrons. The number of hydrogen-bond donors (Lipinski definition) is 1. The number of para-hydroxylation sites is 1. The van der Waals surface area contributed by atoms with Gasteiger partial charge in [-0.3, -0.25) is 4.98 Å². The summed E-state index contributed by atoms with van der Waals surface area (Å²) in [4.78, 5) is 4.45. The summed E-state index contributed by atoms with van der Waals surface area (Å²) in [6.45, 7) is 12.4. The Kier molecular flexibility index (Phi) is 5.00. The number of aromatic nitrogens is 1. The number of pyridine rings is 1. The first-order chi connectivity index (χ1) is 9.87. The Morgan fingerprint density at radius 3 is 2.48 bits per heavy atom. The van der Waals surface area contributed by atoms with Crippen molar-refractivity contribution in [2.45, 2.75) is 46.6 Å². The topological polar surface area (TPSA) is 24.9 Å². The Hall–Kier alpha value is -1.41. The standard InChI is InChI=1S/C19H28N2/c1-14(15(2)13-21-19(3,4)5)12-16-10-11-20-18-9-7-6-8-17(16)18/h6-11,14-15,21H,12-13H2,1-5H3. The highest BCUT2D eigenvalue weighted by Gasteiger charge is 2.17. The summed E-state index contributed by atoms with van der Waals surface area (Å²) in [5.41, 5.74) is 2.70. The van der Waals surface area contributed by atoms with E-state index in [9.17, 15) is 0 Å². The van der Waals surface area contributed by atoms with Gasteiger partial charge in [-0.25, -0.2) is 0 Å². The van der Waals surface area contributed by atoms with E-state index in [1.165, 1.54) is 10.9 Å². The molecule has 1 heterocycles. The van der Waals surface area contributed by atoms with E-state index in [4.69, 9.17) is 0 Å². The monoisotopic (exact) mass is 284 g/mol. The molecule has 0 bridgehead atoms. The Morgan fingerprint density at radius 1 is 1.05 bits per heavy atom. The van der Waals surface area contributed by atoms with Crippen LogP contribution in [0.25, 0.3) is 10.9 Å². The van der Waals surface area contributed by atoms with Crippen LogP contribution >= 0.6 is 0 Å². The van der Waals surface area contributed by atoms with Crippen molar-refractivity contribution < 1.29 is 0 Å². The van der Waals surface area contributed by atoms with Crippen LogP contribution in [0, 0.1) is 11.8 Å². The lowest BCUT2D eigenvalue weighted by Gasteiger charge is -2.27. The molecule has 2 heteroatoms. The van der Waals surface area contributed by atoms with Gasteiger partial charge in [-0.1, -0.05) is 32.0 Å². The van der Waals surface area contributed by atoms with E-state index in [1.54, 1.807) is 0 Å². The molecule has 0 fully saturated rings. The van der Waals surface area contributed by atoms with Crippen LogP contribution in [0.5, 0.6) is 0 Å². The summed E-state index contributed by atoms with van der Waals surface area (Å²) in [6.07, 6.45) is 3.04. The molecule has 0 aliphatic heterocycles. The van der Waals surface area contributed by atoms with E-state index < -0.39 is 0 Å². The van der Waals surface area contributed by atoms with Crippen molar-refractivity contribution in [3.05, 3.63) is 42.1 Å². The van der Waals surface area contributed by atoms with Crippen molar-refractivity contribution in [2.75, 3.05) is 6.54 Å². The van der Waals surface area contributed by atoms with Crippen molar-refractivity contribution in [3.8, 4) is 0 Å². The van der Waals surface area contributed by atoms with Gasteiger partial charge in [0.15, 0.2) is 0 Å². The smallest absolute Gasteiger partial charge is 0.0704 e. The minimum absolute atomic E-state index is 0.192. The number of benzene rings is 1. The fraction of sp³-hybridized carbons (Fsp3) is 0.526. The van der Waals surface area contributed by atoms with Gasteiger partial charge in [-0.05, 0) is 63.3 Å². The lowest BCUT2D eigenvalue weighted by atomic mass is 9.88. The van der Waals surface area contributed by atoms with Crippen molar-refractivity contribution in [1.29, 1.82) is 0 Å². The molecule has 0 amide bonds. The first-order valence-corrected chi connectivity index (χ1v) is 7.94. The van der Waals surface area contributed by atoms with Gasteiger partial charge in [0.25, 0.3) is 0 Å². The number of hydrogen-bond acceptors (Lipinski definition) is 2. The first-order valence-electron chi connectivity index (χ1n) is 7.94. The van der Waals surface area contributed by atoms with Crippen LogP contribution in [-0.4, -0.2) is 17.1 Å². The second kappa shape index (κ2) is 6.57. The van der Waals surface area contributed by atoms with Gasteiger partial charge in [0.05, 0.1) is 5.52 Å². The molecular weight excluding hydrogens is 256 g/mol. The molecular formula is C19H28N2. The molecule has 2 nitrogen and oxygen atoms in total. The van der Waals surface area contributed by atoms with Crippen molar-refractivity contribution in [3.63, 3.8) is 0 Å². The van der Waals surface area contributed by atoms with E-state index in [1.807, 2.05) is 6.20 Å². The molecule has 1 aromatic carbocycles. The molecule has 114 valence electrons. The van der Waals surface area contributed by atoms with Gasteiger partial charge in [0.2, 0.25) is 0 Å². The van der Waals surface area contributed by atoms with Crippen molar-refractivity contribution in [1.82, 2.24) is 10.3 Å². The average molecular weight is 284 g/mol. The van der Waals surface area contributed by atoms with E-state index in [-0.39, 0.29) is 5.54 Å². The number of rotatable bonds is 5. The highest BCUT2D eigenvalue weighted by molar-refractivity contribution is 5.81. The predicted octanol–water partition coefficient (Wildman–Crippen LogP) is 4.44. The Balaban J connectivity index is 2.06. The van der Waals surface area contributed by atoms with Gasteiger partial charge in [0.1, 0.15) is 0 Å². The predicted molar refractivity (Wildman–Crippen MR) is 91.5 cm³/mol. The SMILES string of the molecule is CC(CNC(C)(C)C)C(C)Cc1ccnc2ccccc12. The average Bonchev–Trinajstić information content (AvgIpc) is 2.44. The minimum Gasteiger partial charge on any atom is -0.312 e. The Morgan fingerprint density at radius 2 is 1.76 bits per heavy atom. The maximum Gasteiger partial charge on any atom is 0.0704 e. The summed E-state index contributed by atoms with van der Waals surface area (Å²) >= 11 is 0.